The second-order valence-corrected chi connectivity index (χ2v) is 5.11. The minimum Gasteiger partial charge on any atom is -0.486 e. The van der Waals surface area contributed by atoms with Gasteiger partial charge >= 0.3 is 0 Å². The molecule has 0 bridgehead atoms. The maximum Gasteiger partial charge on any atom is 0.175 e. The van der Waals surface area contributed by atoms with Crippen LogP contribution < -0.4 is 15.4 Å². The van der Waals surface area contributed by atoms with E-state index in [2.05, 4.69) is 29.8 Å². The van der Waals surface area contributed by atoms with Crippen molar-refractivity contribution < 1.29 is 14.3 Å². The first-order chi connectivity index (χ1) is 8.15. The summed E-state index contributed by atoms with van der Waals surface area (Å²) in [5.74, 6) is 7.08. The van der Waals surface area contributed by atoms with E-state index in [9.17, 15) is 0 Å². The Kier molecular flexibility index (Phi) is 3.91. The highest BCUT2D eigenvalue weighted by molar-refractivity contribution is 9.10. The highest BCUT2D eigenvalue weighted by atomic mass is 79.9. The van der Waals surface area contributed by atoms with Gasteiger partial charge in [0.1, 0.15) is 13.2 Å². The highest BCUT2D eigenvalue weighted by Crippen LogP contribution is 2.45. The van der Waals surface area contributed by atoms with E-state index >= 15 is 0 Å². The normalized spacial score (nSPS) is 14.2. The van der Waals surface area contributed by atoms with Crippen molar-refractivity contribution in [3.8, 4) is 11.5 Å². The third-order valence-corrected chi connectivity index (χ3v) is 3.30. The summed E-state index contributed by atoms with van der Waals surface area (Å²) in [5, 5.41) is 0. The van der Waals surface area contributed by atoms with Gasteiger partial charge in [-0.3, -0.25) is 4.84 Å². The van der Waals surface area contributed by atoms with Crippen LogP contribution in [0.25, 0.3) is 0 Å². The van der Waals surface area contributed by atoms with Crippen molar-refractivity contribution in [3.63, 3.8) is 0 Å². The van der Waals surface area contributed by atoms with Crippen molar-refractivity contribution in [2.75, 3.05) is 13.2 Å². The first-order valence-corrected chi connectivity index (χ1v) is 6.37. The fourth-order valence-electron chi connectivity index (χ4n) is 2.08. The van der Waals surface area contributed by atoms with Gasteiger partial charge in [0.2, 0.25) is 0 Å². The summed E-state index contributed by atoms with van der Waals surface area (Å²) in [5.41, 5.74) is 2.13. The molecule has 1 aliphatic heterocycles. The Morgan fingerprint density at radius 1 is 1.35 bits per heavy atom. The van der Waals surface area contributed by atoms with Crippen LogP contribution in [0.2, 0.25) is 0 Å². The van der Waals surface area contributed by atoms with Crippen LogP contribution in [0.5, 0.6) is 11.5 Å². The topological polar surface area (TPSA) is 53.7 Å². The van der Waals surface area contributed by atoms with E-state index < -0.39 is 0 Å². The summed E-state index contributed by atoms with van der Waals surface area (Å²) in [6.45, 7) is 5.74. The minimum absolute atomic E-state index is 0.323. The Balaban J connectivity index is 2.58. The van der Waals surface area contributed by atoms with Crippen molar-refractivity contribution in [1.29, 1.82) is 0 Å². The Bertz CT molecular complexity index is 421. The molecule has 1 heterocycles. The van der Waals surface area contributed by atoms with Gasteiger partial charge in [-0.1, -0.05) is 13.8 Å². The Hall–Kier alpha value is -0.780. The first-order valence-electron chi connectivity index (χ1n) is 5.57. The number of nitrogens with two attached hydrogens (primary N) is 1. The summed E-state index contributed by atoms with van der Waals surface area (Å²) in [4.78, 5) is 4.75. The minimum atomic E-state index is 0.323. The lowest BCUT2D eigenvalue weighted by molar-refractivity contribution is 0.121. The van der Waals surface area contributed by atoms with Crippen molar-refractivity contribution in [2.45, 2.75) is 26.4 Å². The SMILES string of the molecule is CC(C)c1c(CON)cc(Br)c2c1OCCO2. The molecule has 2 N–H and O–H groups in total. The van der Waals surface area contributed by atoms with Crippen LogP contribution in [0, 0.1) is 0 Å². The number of rotatable bonds is 3. The van der Waals surface area contributed by atoms with E-state index in [4.69, 9.17) is 20.2 Å². The second-order valence-electron chi connectivity index (χ2n) is 4.25. The standard InChI is InChI=1S/C12H16BrNO3/c1-7(2)10-8(6-17-14)5-9(13)11-12(10)16-4-3-15-11/h5,7H,3-4,6,14H2,1-2H3. The van der Waals surface area contributed by atoms with Gasteiger partial charge in [0.15, 0.2) is 11.5 Å². The molecule has 0 aromatic heterocycles. The third kappa shape index (κ3) is 2.41. The molecule has 0 aliphatic carbocycles. The number of hydrogen-bond donors (Lipinski definition) is 1. The Morgan fingerprint density at radius 2 is 2.00 bits per heavy atom. The monoisotopic (exact) mass is 301 g/mol. The molecule has 0 spiro atoms. The summed E-state index contributed by atoms with van der Waals surface area (Å²) < 4.78 is 12.2. The molecule has 0 atom stereocenters. The number of fused-ring (bicyclic) bond motifs is 1. The van der Waals surface area contributed by atoms with Gasteiger partial charge in [0.25, 0.3) is 0 Å². The zero-order valence-corrected chi connectivity index (χ0v) is 11.5. The molecular formula is C12H16BrNO3. The fraction of sp³-hybridized carbons (Fsp3) is 0.500. The zero-order valence-electron chi connectivity index (χ0n) is 9.96. The van der Waals surface area contributed by atoms with Crippen LogP contribution >= 0.6 is 15.9 Å². The fourth-order valence-corrected chi connectivity index (χ4v) is 2.65. The van der Waals surface area contributed by atoms with Crippen molar-refractivity contribution in [2.24, 2.45) is 5.90 Å². The van der Waals surface area contributed by atoms with Crippen LogP contribution in [-0.4, -0.2) is 13.2 Å². The van der Waals surface area contributed by atoms with Gasteiger partial charge in [-0.15, -0.1) is 0 Å². The summed E-state index contributed by atoms with van der Waals surface area (Å²) >= 11 is 3.48. The van der Waals surface area contributed by atoms with Gasteiger partial charge in [-0.25, -0.2) is 5.90 Å². The molecule has 1 aliphatic rings. The van der Waals surface area contributed by atoms with Crippen molar-refractivity contribution >= 4 is 15.9 Å². The highest BCUT2D eigenvalue weighted by Gasteiger charge is 2.24. The Morgan fingerprint density at radius 3 is 2.59 bits per heavy atom. The lowest BCUT2D eigenvalue weighted by Crippen LogP contribution is -2.18. The van der Waals surface area contributed by atoms with Gasteiger partial charge in [-0.05, 0) is 33.5 Å². The molecule has 1 aromatic rings. The number of halogens is 1. The number of benzene rings is 1. The molecule has 5 heteroatoms. The molecule has 0 saturated carbocycles. The molecule has 1 aromatic carbocycles. The third-order valence-electron chi connectivity index (χ3n) is 2.71. The van der Waals surface area contributed by atoms with Crippen LogP contribution in [-0.2, 0) is 11.4 Å². The van der Waals surface area contributed by atoms with Crippen LogP contribution in [0.1, 0.15) is 30.9 Å². The molecular weight excluding hydrogens is 286 g/mol. The molecule has 94 valence electrons. The van der Waals surface area contributed by atoms with E-state index in [0.29, 0.717) is 25.7 Å². The van der Waals surface area contributed by atoms with E-state index in [-0.39, 0.29) is 0 Å². The molecule has 0 amide bonds. The van der Waals surface area contributed by atoms with E-state index in [1.165, 1.54) is 0 Å². The number of ether oxygens (including phenoxy) is 2. The van der Waals surface area contributed by atoms with Crippen LogP contribution in [0.4, 0.5) is 0 Å². The molecule has 17 heavy (non-hydrogen) atoms. The summed E-state index contributed by atoms with van der Waals surface area (Å²) in [6.07, 6.45) is 0. The number of hydrogen-bond acceptors (Lipinski definition) is 4. The smallest absolute Gasteiger partial charge is 0.175 e. The molecule has 4 nitrogen and oxygen atoms in total. The lowest BCUT2D eigenvalue weighted by atomic mass is 9.95. The molecule has 2 rings (SSSR count). The van der Waals surface area contributed by atoms with Gasteiger partial charge in [-0.2, -0.15) is 0 Å². The quantitative estimate of drug-likeness (QED) is 0.872. The van der Waals surface area contributed by atoms with Gasteiger partial charge in [0.05, 0.1) is 11.1 Å². The average Bonchev–Trinajstić information content (AvgIpc) is 2.29. The molecule has 0 saturated heterocycles. The largest absolute Gasteiger partial charge is 0.486 e. The maximum atomic E-state index is 5.73. The van der Waals surface area contributed by atoms with E-state index in [0.717, 1.165) is 27.1 Å². The maximum absolute atomic E-state index is 5.73. The zero-order chi connectivity index (χ0) is 12.4. The summed E-state index contributed by atoms with van der Waals surface area (Å²) in [7, 11) is 0. The average molecular weight is 302 g/mol. The van der Waals surface area contributed by atoms with Crippen molar-refractivity contribution in [3.05, 3.63) is 21.7 Å². The van der Waals surface area contributed by atoms with E-state index in [1.807, 2.05) is 6.07 Å². The van der Waals surface area contributed by atoms with Gasteiger partial charge in [0, 0.05) is 5.56 Å². The molecule has 0 fully saturated rings. The molecule has 0 unspecified atom stereocenters. The van der Waals surface area contributed by atoms with Gasteiger partial charge < -0.3 is 9.47 Å². The molecule has 0 radical (unpaired) electrons. The first kappa shape index (κ1) is 12.7. The van der Waals surface area contributed by atoms with Crippen LogP contribution in [0.3, 0.4) is 0 Å². The van der Waals surface area contributed by atoms with E-state index in [1.54, 1.807) is 0 Å². The second kappa shape index (κ2) is 5.25. The Labute approximate surface area is 109 Å². The lowest BCUT2D eigenvalue weighted by Gasteiger charge is -2.25. The van der Waals surface area contributed by atoms with Crippen LogP contribution in [0.15, 0.2) is 10.5 Å². The predicted octanol–water partition coefficient (Wildman–Crippen LogP) is 2.73. The predicted molar refractivity (Wildman–Crippen MR) is 68.2 cm³/mol. The summed E-state index contributed by atoms with van der Waals surface area (Å²) in [6, 6.07) is 1.98. The van der Waals surface area contributed by atoms with Crippen molar-refractivity contribution in [1.82, 2.24) is 0 Å².